The number of hydrogen-bond donors (Lipinski definition) is 0. The van der Waals surface area contributed by atoms with Crippen LogP contribution >= 0.6 is 0 Å². The first-order valence-electron chi connectivity index (χ1n) is 10.7. The number of rotatable bonds is 5. The first kappa shape index (κ1) is 23.6. The van der Waals surface area contributed by atoms with Crippen LogP contribution in [0.15, 0.2) is 12.2 Å². The van der Waals surface area contributed by atoms with Gasteiger partial charge >= 0.3 is 5.97 Å². The molecule has 0 bridgehead atoms. The van der Waals surface area contributed by atoms with Crippen LogP contribution in [0.1, 0.15) is 66.7 Å². The Bertz CT molecular complexity index is 608. The van der Waals surface area contributed by atoms with Crippen molar-refractivity contribution >= 4 is 14.3 Å². The number of carbonyl (C=O) groups is 1. The van der Waals surface area contributed by atoms with Crippen LogP contribution in [-0.4, -0.2) is 40.7 Å². The molecule has 2 saturated carbocycles. The second-order valence-electron chi connectivity index (χ2n) is 10.8. The van der Waals surface area contributed by atoms with Crippen molar-refractivity contribution < 1.29 is 18.7 Å². The highest BCUT2D eigenvalue weighted by Crippen LogP contribution is 2.62. The molecule has 0 aromatic carbocycles. The summed E-state index contributed by atoms with van der Waals surface area (Å²) < 4.78 is 18.1. The van der Waals surface area contributed by atoms with Gasteiger partial charge < -0.3 is 13.9 Å². The minimum atomic E-state index is -1.93. The highest BCUT2D eigenvalue weighted by atomic mass is 28.4. The summed E-state index contributed by atoms with van der Waals surface area (Å²) in [5.74, 6) is 0.392. The Morgan fingerprint density at radius 2 is 1.79 bits per heavy atom. The van der Waals surface area contributed by atoms with E-state index in [2.05, 4.69) is 54.3 Å². The number of ether oxygens (including phenoxy) is 2. The van der Waals surface area contributed by atoms with Crippen LogP contribution in [-0.2, 0) is 18.7 Å². The lowest BCUT2D eigenvalue weighted by Crippen LogP contribution is -2.57. The number of hydrogen-bond acceptors (Lipinski definition) is 4. The third-order valence-electron chi connectivity index (χ3n) is 8.26. The van der Waals surface area contributed by atoms with E-state index in [1.165, 1.54) is 7.11 Å². The molecule has 2 fully saturated rings. The Labute approximate surface area is 173 Å². The lowest BCUT2D eigenvalue weighted by atomic mass is 9.53. The zero-order chi connectivity index (χ0) is 21.5. The SMILES string of the molecule is C=C1[C@H](O[Si](C)(C)C(C)(C)C)CC[C@@]1(C)[C@]1(C(=O)OC)CC[C@H](C)C[C@@H]1OC. The van der Waals surface area contributed by atoms with Crippen LogP contribution in [0.4, 0.5) is 0 Å². The van der Waals surface area contributed by atoms with E-state index >= 15 is 0 Å². The predicted molar refractivity (Wildman–Crippen MR) is 117 cm³/mol. The minimum Gasteiger partial charge on any atom is -0.468 e. The number of esters is 1. The van der Waals surface area contributed by atoms with Crippen molar-refractivity contribution in [2.45, 2.75) is 97.1 Å². The van der Waals surface area contributed by atoms with Crippen molar-refractivity contribution in [3.05, 3.63) is 12.2 Å². The van der Waals surface area contributed by atoms with Crippen molar-refractivity contribution in [1.29, 1.82) is 0 Å². The molecule has 2 aliphatic rings. The molecule has 5 atom stereocenters. The first-order valence-corrected chi connectivity index (χ1v) is 13.7. The van der Waals surface area contributed by atoms with Crippen LogP contribution in [0.25, 0.3) is 0 Å². The van der Waals surface area contributed by atoms with Gasteiger partial charge in [-0.2, -0.15) is 0 Å². The van der Waals surface area contributed by atoms with Gasteiger partial charge in [0, 0.05) is 12.5 Å². The van der Waals surface area contributed by atoms with Gasteiger partial charge in [0.05, 0.1) is 19.3 Å². The molecule has 0 spiro atoms. The van der Waals surface area contributed by atoms with Gasteiger partial charge in [0.2, 0.25) is 0 Å². The standard InChI is InChI=1S/C23H42O4Si/c1-16-11-14-23(20(24)26-8,19(15-16)25-7)22(6)13-12-18(17(22)2)27-28(9,10)21(3,4)5/h16,18-19H,2,11-15H2,1,3-10H3/t16-,18+,19-,22+,23+/m0/s1. The maximum atomic E-state index is 13.3. The molecular formula is C23H42O4Si. The van der Waals surface area contributed by atoms with Crippen LogP contribution in [0.2, 0.25) is 18.1 Å². The summed E-state index contributed by atoms with van der Waals surface area (Å²) in [4.78, 5) is 13.3. The predicted octanol–water partition coefficient (Wildman–Crippen LogP) is 5.73. The van der Waals surface area contributed by atoms with Gasteiger partial charge in [-0.1, -0.05) is 41.2 Å². The van der Waals surface area contributed by atoms with Crippen molar-refractivity contribution in [3.63, 3.8) is 0 Å². The summed E-state index contributed by atoms with van der Waals surface area (Å²) in [7, 11) is 1.30. The van der Waals surface area contributed by atoms with Gasteiger partial charge in [-0.25, -0.2) is 0 Å². The van der Waals surface area contributed by atoms with Gasteiger partial charge in [-0.05, 0) is 61.7 Å². The van der Waals surface area contributed by atoms with Crippen molar-refractivity contribution in [2.75, 3.05) is 14.2 Å². The van der Waals surface area contributed by atoms with E-state index in [9.17, 15) is 4.79 Å². The van der Waals surface area contributed by atoms with Gasteiger partial charge in [-0.15, -0.1) is 0 Å². The third-order valence-corrected chi connectivity index (χ3v) is 12.7. The molecule has 0 aromatic rings. The first-order chi connectivity index (χ1) is 12.8. The number of carbonyl (C=O) groups excluding carboxylic acids is 1. The van der Waals surface area contributed by atoms with Crippen molar-refractivity contribution in [3.8, 4) is 0 Å². The van der Waals surface area contributed by atoms with Crippen LogP contribution in [0, 0.1) is 16.7 Å². The molecule has 0 heterocycles. The minimum absolute atomic E-state index is 0.00396. The summed E-state index contributed by atoms with van der Waals surface area (Å²) in [5.41, 5.74) is -0.0149. The molecule has 5 heteroatoms. The van der Waals surface area contributed by atoms with Crippen LogP contribution < -0.4 is 0 Å². The Kier molecular flexibility index (Phi) is 6.65. The average Bonchev–Trinajstić information content (AvgIpc) is 2.89. The summed E-state index contributed by atoms with van der Waals surface area (Å²) in [5, 5.41) is 0.141. The van der Waals surface area contributed by atoms with E-state index < -0.39 is 13.7 Å². The molecule has 2 rings (SSSR count). The molecule has 4 nitrogen and oxygen atoms in total. The second kappa shape index (κ2) is 7.88. The molecule has 0 aromatic heterocycles. The average molecular weight is 411 g/mol. The van der Waals surface area contributed by atoms with Gasteiger partial charge in [0.25, 0.3) is 0 Å². The Morgan fingerprint density at radius 3 is 2.29 bits per heavy atom. The van der Waals surface area contributed by atoms with E-state index in [-0.39, 0.29) is 28.6 Å². The van der Waals surface area contributed by atoms with Crippen molar-refractivity contribution in [1.82, 2.24) is 0 Å². The normalized spacial score (nSPS) is 37.2. The smallest absolute Gasteiger partial charge is 0.315 e. The molecule has 162 valence electrons. The fraction of sp³-hybridized carbons (Fsp3) is 0.870. The molecule has 28 heavy (non-hydrogen) atoms. The molecule has 0 N–H and O–H groups in total. The fourth-order valence-corrected chi connectivity index (χ4v) is 6.50. The zero-order valence-corrected chi connectivity index (χ0v) is 20.6. The van der Waals surface area contributed by atoms with E-state index in [0.717, 1.165) is 37.7 Å². The third kappa shape index (κ3) is 3.63. The van der Waals surface area contributed by atoms with E-state index in [0.29, 0.717) is 5.92 Å². The molecular weight excluding hydrogens is 368 g/mol. The largest absolute Gasteiger partial charge is 0.468 e. The molecule has 0 radical (unpaired) electrons. The zero-order valence-electron chi connectivity index (χ0n) is 19.6. The maximum absolute atomic E-state index is 13.3. The lowest BCUT2D eigenvalue weighted by Gasteiger charge is -2.53. The summed E-state index contributed by atoms with van der Waals surface area (Å²) in [6.07, 6.45) is 4.30. The monoisotopic (exact) mass is 410 g/mol. The topological polar surface area (TPSA) is 44.8 Å². The summed E-state index contributed by atoms with van der Waals surface area (Å²) in [6, 6.07) is 0. The number of methoxy groups -OCH3 is 2. The lowest BCUT2D eigenvalue weighted by molar-refractivity contribution is -0.183. The van der Waals surface area contributed by atoms with Gasteiger partial charge in [0.15, 0.2) is 8.32 Å². The quantitative estimate of drug-likeness (QED) is 0.330. The summed E-state index contributed by atoms with van der Waals surface area (Å²) in [6.45, 7) is 20.3. The van der Waals surface area contributed by atoms with Gasteiger partial charge in [0.1, 0.15) is 5.41 Å². The van der Waals surface area contributed by atoms with Crippen LogP contribution in [0.3, 0.4) is 0 Å². The molecule has 0 unspecified atom stereocenters. The highest BCUT2D eigenvalue weighted by molar-refractivity contribution is 6.74. The molecule has 0 amide bonds. The molecule has 0 aliphatic heterocycles. The molecule has 2 aliphatic carbocycles. The Morgan fingerprint density at radius 1 is 1.18 bits per heavy atom. The van der Waals surface area contributed by atoms with Crippen molar-refractivity contribution in [2.24, 2.45) is 16.7 Å². The Balaban J connectivity index is 2.42. The molecule has 0 saturated heterocycles. The van der Waals surface area contributed by atoms with E-state index in [1.807, 2.05) is 0 Å². The van der Waals surface area contributed by atoms with E-state index in [4.69, 9.17) is 13.9 Å². The Hall–Kier alpha value is -0.653. The van der Waals surface area contributed by atoms with Gasteiger partial charge in [-0.3, -0.25) is 4.79 Å². The van der Waals surface area contributed by atoms with E-state index in [1.54, 1.807) is 7.11 Å². The highest BCUT2D eigenvalue weighted by Gasteiger charge is 2.64. The second-order valence-corrected chi connectivity index (χ2v) is 15.6. The maximum Gasteiger partial charge on any atom is 0.315 e. The van der Waals surface area contributed by atoms with Crippen LogP contribution in [0.5, 0.6) is 0 Å². The summed E-state index contributed by atoms with van der Waals surface area (Å²) >= 11 is 0. The fourth-order valence-electron chi connectivity index (χ4n) is 5.17.